The summed E-state index contributed by atoms with van der Waals surface area (Å²) in [5, 5.41) is 3.78. The molecule has 0 aromatic carbocycles. The van der Waals surface area contributed by atoms with Crippen molar-refractivity contribution >= 4 is 0 Å². The van der Waals surface area contributed by atoms with Gasteiger partial charge in [0.15, 0.2) is 0 Å². The number of hydrogen-bond acceptors (Lipinski definition) is 3. The molecule has 0 spiro atoms. The van der Waals surface area contributed by atoms with Crippen LogP contribution in [0.4, 0.5) is 0 Å². The molecule has 2 rings (SSSR count). The van der Waals surface area contributed by atoms with E-state index in [1.807, 2.05) is 6.26 Å². The van der Waals surface area contributed by atoms with Crippen LogP contribution in [-0.4, -0.2) is 31.1 Å². The zero-order chi connectivity index (χ0) is 15.3. The molecule has 0 radical (unpaired) electrons. The van der Waals surface area contributed by atoms with Crippen LogP contribution in [0.1, 0.15) is 52.0 Å². The standard InChI is InChI=1S/C18H32N2O/c1-5-9-19-17-6-8-18(2,3)11-16(17)13-20(4)12-15-7-10-21-14-15/h7,10,14,16-17,19H,5-6,8-9,11-13H2,1-4H3. The molecule has 0 saturated heterocycles. The maximum Gasteiger partial charge on any atom is 0.0947 e. The van der Waals surface area contributed by atoms with Crippen molar-refractivity contribution in [1.82, 2.24) is 10.2 Å². The van der Waals surface area contributed by atoms with Crippen LogP contribution in [0, 0.1) is 11.3 Å². The minimum atomic E-state index is 0.492. The van der Waals surface area contributed by atoms with Gasteiger partial charge in [0, 0.05) is 24.7 Å². The Morgan fingerprint density at radius 2 is 2.24 bits per heavy atom. The van der Waals surface area contributed by atoms with Crippen molar-refractivity contribution in [1.29, 1.82) is 0 Å². The first kappa shape index (κ1) is 16.6. The summed E-state index contributed by atoms with van der Waals surface area (Å²) >= 11 is 0. The van der Waals surface area contributed by atoms with Crippen LogP contribution < -0.4 is 5.32 Å². The number of hydrogen-bond donors (Lipinski definition) is 1. The first-order valence-electron chi connectivity index (χ1n) is 8.43. The lowest BCUT2D eigenvalue weighted by molar-refractivity contribution is 0.107. The second-order valence-electron chi connectivity index (χ2n) is 7.56. The van der Waals surface area contributed by atoms with Crippen molar-refractivity contribution in [3.05, 3.63) is 24.2 Å². The molecule has 1 heterocycles. The molecule has 1 aliphatic carbocycles. The average molecular weight is 292 g/mol. The smallest absolute Gasteiger partial charge is 0.0947 e. The lowest BCUT2D eigenvalue weighted by Gasteiger charge is -2.42. The van der Waals surface area contributed by atoms with Crippen LogP contribution in [0.15, 0.2) is 23.0 Å². The van der Waals surface area contributed by atoms with E-state index in [1.165, 1.54) is 31.2 Å². The van der Waals surface area contributed by atoms with Crippen molar-refractivity contribution in [3.63, 3.8) is 0 Å². The number of nitrogens with one attached hydrogen (secondary N) is 1. The molecule has 1 aromatic rings. The summed E-state index contributed by atoms with van der Waals surface area (Å²) in [6.07, 6.45) is 8.82. The van der Waals surface area contributed by atoms with E-state index in [2.05, 4.69) is 44.1 Å². The van der Waals surface area contributed by atoms with Gasteiger partial charge in [-0.1, -0.05) is 20.8 Å². The lowest BCUT2D eigenvalue weighted by Crippen LogP contribution is -2.47. The van der Waals surface area contributed by atoms with Gasteiger partial charge in [0.1, 0.15) is 0 Å². The Morgan fingerprint density at radius 1 is 1.43 bits per heavy atom. The number of nitrogens with zero attached hydrogens (tertiary/aromatic N) is 1. The summed E-state index contributed by atoms with van der Waals surface area (Å²) in [7, 11) is 2.23. The monoisotopic (exact) mass is 292 g/mol. The third kappa shape index (κ3) is 5.15. The van der Waals surface area contributed by atoms with Crippen molar-refractivity contribution < 1.29 is 4.42 Å². The average Bonchev–Trinajstić information content (AvgIpc) is 2.89. The Kier molecular flexibility index (Phi) is 5.88. The highest BCUT2D eigenvalue weighted by Gasteiger charge is 2.34. The molecule has 0 bridgehead atoms. The predicted octanol–water partition coefficient (Wildman–Crippen LogP) is 3.91. The van der Waals surface area contributed by atoms with Gasteiger partial charge in [-0.25, -0.2) is 0 Å². The first-order chi connectivity index (χ1) is 10.00. The van der Waals surface area contributed by atoms with E-state index in [1.54, 1.807) is 6.26 Å². The Hall–Kier alpha value is -0.800. The summed E-state index contributed by atoms with van der Waals surface area (Å²) in [4.78, 5) is 2.44. The predicted molar refractivity (Wildman–Crippen MR) is 88.2 cm³/mol. The van der Waals surface area contributed by atoms with Gasteiger partial charge in [-0.15, -0.1) is 0 Å². The largest absolute Gasteiger partial charge is 0.472 e. The third-order valence-corrected chi connectivity index (χ3v) is 4.75. The van der Waals surface area contributed by atoms with Gasteiger partial charge in [0.05, 0.1) is 12.5 Å². The fraction of sp³-hybridized carbons (Fsp3) is 0.778. The molecule has 1 fully saturated rings. The minimum Gasteiger partial charge on any atom is -0.472 e. The van der Waals surface area contributed by atoms with E-state index in [0.29, 0.717) is 11.5 Å². The maximum absolute atomic E-state index is 5.17. The van der Waals surface area contributed by atoms with Crippen molar-refractivity contribution in [2.75, 3.05) is 20.1 Å². The van der Waals surface area contributed by atoms with Crippen LogP contribution in [0.2, 0.25) is 0 Å². The van der Waals surface area contributed by atoms with Gasteiger partial charge in [0.25, 0.3) is 0 Å². The molecule has 3 heteroatoms. The first-order valence-corrected chi connectivity index (χ1v) is 8.43. The molecule has 120 valence electrons. The highest BCUT2D eigenvalue weighted by atomic mass is 16.3. The maximum atomic E-state index is 5.17. The van der Waals surface area contributed by atoms with E-state index >= 15 is 0 Å². The van der Waals surface area contributed by atoms with Gasteiger partial charge >= 0.3 is 0 Å². The minimum absolute atomic E-state index is 0.492. The Morgan fingerprint density at radius 3 is 2.90 bits per heavy atom. The topological polar surface area (TPSA) is 28.4 Å². The molecule has 1 saturated carbocycles. The Bertz CT molecular complexity index is 399. The van der Waals surface area contributed by atoms with E-state index < -0.39 is 0 Å². The summed E-state index contributed by atoms with van der Waals surface area (Å²) in [5.74, 6) is 0.747. The molecule has 0 aliphatic heterocycles. The van der Waals surface area contributed by atoms with E-state index in [9.17, 15) is 0 Å². The van der Waals surface area contributed by atoms with Crippen LogP contribution in [0.5, 0.6) is 0 Å². The molecule has 2 unspecified atom stereocenters. The summed E-state index contributed by atoms with van der Waals surface area (Å²) in [6, 6.07) is 2.75. The van der Waals surface area contributed by atoms with Crippen LogP contribution in [0.25, 0.3) is 0 Å². The van der Waals surface area contributed by atoms with Crippen LogP contribution in [-0.2, 0) is 6.54 Å². The fourth-order valence-electron chi connectivity index (χ4n) is 3.69. The summed E-state index contributed by atoms with van der Waals surface area (Å²) < 4.78 is 5.17. The zero-order valence-electron chi connectivity index (χ0n) is 14.2. The van der Waals surface area contributed by atoms with Gasteiger partial charge < -0.3 is 14.6 Å². The zero-order valence-corrected chi connectivity index (χ0v) is 14.2. The normalized spacial score (nSPS) is 25.4. The lowest BCUT2D eigenvalue weighted by atomic mass is 9.69. The second-order valence-corrected chi connectivity index (χ2v) is 7.56. The van der Waals surface area contributed by atoms with Crippen LogP contribution in [0.3, 0.4) is 0 Å². The molecule has 1 aliphatic rings. The summed E-state index contributed by atoms with van der Waals surface area (Å²) in [6.45, 7) is 10.4. The second kappa shape index (κ2) is 7.46. The van der Waals surface area contributed by atoms with Gasteiger partial charge in [0.2, 0.25) is 0 Å². The quantitative estimate of drug-likeness (QED) is 0.826. The summed E-state index contributed by atoms with van der Waals surface area (Å²) in [5.41, 5.74) is 1.76. The Balaban J connectivity index is 1.91. The Labute approximate surface area is 130 Å². The van der Waals surface area contributed by atoms with Gasteiger partial charge in [-0.3, -0.25) is 0 Å². The van der Waals surface area contributed by atoms with E-state index in [4.69, 9.17) is 4.42 Å². The SMILES string of the molecule is CCCNC1CCC(C)(C)CC1CN(C)Cc1ccoc1. The van der Waals surface area contributed by atoms with Crippen molar-refractivity contribution in [2.45, 2.75) is 59.0 Å². The molecular weight excluding hydrogens is 260 g/mol. The number of furan rings is 1. The molecule has 1 aromatic heterocycles. The fourth-order valence-corrected chi connectivity index (χ4v) is 3.69. The van der Waals surface area contributed by atoms with E-state index in [-0.39, 0.29) is 0 Å². The molecule has 3 nitrogen and oxygen atoms in total. The third-order valence-electron chi connectivity index (χ3n) is 4.75. The van der Waals surface area contributed by atoms with E-state index in [0.717, 1.165) is 25.6 Å². The van der Waals surface area contributed by atoms with Crippen molar-refractivity contribution in [2.24, 2.45) is 11.3 Å². The molecular formula is C18H32N2O. The molecule has 0 amide bonds. The van der Waals surface area contributed by atoms with Crippen molar-refractivity contribution in [3.8, 4) is 0 Å². The molecule has 21 heavy (non-hydrogen) atoms. The highest BCUT2D eigenvalue weighted by Crippen LogP contribution is 2.39. The number of rotatable bonds is 7. The highest BCUT2D eigenvalue weighted by molar-refractivity contribution is 5.04. The van der Waals surface area contributed by atoms with Crippen LogP contribution >= 0.6 is 0 Å². The molecule has 1 N–H and O–H groups in total. The van der Waals surface area contributed by atoms with Gasteiger partial charge in [-0.2, -0.15) is 0 Å². The molecule has 2 atom stereocenters. The van der Waals surface area contributed by atoms with Gasteiger partial charge in [-0.05, 0) is 56.7 Å².